The van der Waals surface area contributed by atoms with Gasteiger partial charge in [-0.2, -0.15) is 0 Å². The van der Waals surface area contributed by atoms with Crippen LogP contribution < -0.4 is 0 Å². The summed E-state index contributed by atoms with van der Waals surface area (Å²) in [6.07, 6.45) is 7.03. The first-order chi connectivity index (χ1) is 6.33. The highest BCUT2D eigenvalue weighted by molar-refractivity contribution is 5.57. The third-order valence-electron chi connectivity index (χ3n) is 3.16. The minimum Gasteiger partial charge on any atom is -0.302 e. The summed E-state index contributed by atoms with van der Waals surface area (Å²) in [4.78, 5) is 13.3. The Bertz CT molecular complexity index is 154. The monoisotopic (exact) mass is 183 g/mol. The molecule has 1 saturated heterocycles. The summed E-state index contributed by atoms with van der Waals surface area (Å²) < 4.78 is 0. The first-order valence-electron chi connectivity index (χ1n) is 5.54. The van der Waals surface area contributed by atoms with Gasteiger partial charge in [-0.3, -0.25) is 4.90 Å². The summed E-state index contributed by atoms with van der Waals surface area (Å²) in [5.41, 5.74) is 0. The van der Waals surface area contributed by atoms with Crippen molar-refractivity contribution in [2.75, 3.05) is 6.54 Å². The molecular formula is C11H21NO. The third kappa shape index (κ3) is 2.53. The second-order valence-electron chi connectivity index (χ2n) is 3.91. The fraction of sp³-hybridized carbons (Fsp3) is 0.909. The van der Waals surface area contributed by atoms with Crippen molar-refractivity contribution in [1.82, 2.24) is 4.90 Å². The summed E-state index contributed by atoms with van der Waals surface area (Å²) in [5.74, 6) is 0. The van der Waals surface area contributed by atoms with Gasteiger partial charge in [-0.25, -0.2) is 0 Å². The Hall–Kier alpha value is -0.370. The smallest absolute Gasteiger partial charge is 0.137 e. The van der Waals surface area contributed by atoms with Crippen LogP contribution in [0.5, 0.6) is 0 Å². The molecule has 13 heavy (non-hydrogen) atoms. The number of likely N-dealkylation sites (tertiary alicyclic amines) is 1. The number of carbonyl (C=O) groups is 1. The highest BCUT2D eigenvalue weighted by Crippen LogP contribution is 2.21. The van der Waals surface area contributed by atoms with E-state index in [9.17, 15) is 4.79 Å². The summed E-state index contributed by atoms with van der Waals surface area (Å²) >= 11 is 0. The van der Waals surface area contributed by atoms with Crippen molar-refractivity contribution in [2.45, 2.75) is 58.0 Å². The lowest BCUT2D eigenvalue weighted by atomic mass is 9.98. The largest absolute Gasteiger partial charge is 0.302 e. The first-order valence-corrected chi connectivity index (χ1v) is 5.54. The summed E-state index contributed by atoms with van der Waals surface area (Å²) in [6.45, 7) is 5.55. The van der Waals surface area contributed by atoms with Gasteiger partial charge in [-0.05, 0) is 32.2 Å². The topological polar surface area (TPSA) is 20.3 Å². The van der Waals surface area contributed by atoms with Gasteiger partial charge in [0.05, 0.1) is 6.04 Å². The number of hydrogen-bond donors (Lipinski definition) is 0. The van der Waals surface area contributed by atoms with Gasteiger partial charge in [0.2, 0.25) is 0 Å². The second-order valence-corrected chi connectivity index (χ2v) is 3.91. The van der Waals surface area contributed by atoms with Crippen LogP contribution in [0.1, 0.15) is 46.0 Å². The van der Waals surface area contributed by atoms with Crippen LogP contribution >= 0.6 is 0 Å². The van der Waals surface area contributed by atoms with Gasteiger partial charge in [0.15, 0.2) is 0 Å². The van der Waals surface area contributed by atoms with Crippen molar-refractivity contribution in [3.05, 3.63) is 0 Å². The van der Waals surface area contributed by atoms with E-state index in [-0.39, 0.29) is 6.04 Å². The molecule has 0 aromatic rings. The Labute approximate surface area is 81.3 Å². The van der Waals surface area contributed by atoms with Crippen molar-refractivity contribution in [3.63, 3.8) is 0 Å². The van der Waals surface area contributed by atoms with E-state index in [1.165, 1.54) is 25.7 Å². The molecule has 2 nitrogen and oxygen atoms in total. The summed E-state index contributed by atoms with van der Waals surface area (Å²) in [7, 11) is 0. The molecule has 2 heteroatoms. The predicted molar refractivity (Wildman–Crippen MR) is 54.8 cm³/mol. The average Bonchev–Trinajstić information content (AvgIpc) is 2.20. The molecule has 0 bridgehead atoms. The Morgan fingerprint density at radius 2 is 2.08 bits per heavy atom. The zero-order chi connectivity index (χ0) is 9.68. The van der Waals surface area contributed by atoms with Crippen molar-refractivity contribution in [1.29, 1.82) is 0 Å². The molecule has 0 spiro atoms. The van der Waals surface area contributed by atoms with Crippen LogP contribution in [0.3, 0.4) is 0 Å². The van der Waals surface area contributed by atoms with Crippen LogP contribution in [0.4, 0.5) is 0 Å². The SMILES string of the molecule is CCC(CC)N1CCCCC1C=O. The number of piperidine rings is 1. The van der Waals surface area contributed by atoms with Crippen LogP contribution in [-0.2, 0) is 4.79 Å². The zero-order valence-electron chi connectivity index (χ0n) is 8.83. The molecular weight excluding hydrogens is 162 g/mol. The van der Waals surface area contributed by atoms with E-state index in [1.54, 1.807) is 0 Å². The van der Waals surface area contributed by atoms with E-state index in [0.29, 0.717) is 6.04 Å². The molecule has 0 N–H and O–H groups in total. The molecule has 0 amide bonds. The lowest BCUT2D eigenvalue weighted by Crippen LogP contribution is -2.46. The molecule has 1 rings (SSSR count). The number of nitrogens with zero attached hydrogens (tertiary/aromatic N) is 1. The minimum absolute atomic E-state index is 0.207. The predicted octanol–water partition coefficient (Wildman–Crippen LogP) is 2.23. The quantitative estimate of drug-likeness (QED) is 0.623. The summed E-state index contributed by atoms with van der Waals surface area (Å²) in [6, 6.07) is 0.828. The standard InChI is InChI=1S/C11H21NO/c1-3-10(4-2)12-8-6-5-7-11(12)9-13/h9-11H,3-8H2,1-2H3. The van der Waals surface area contributed by atoms with Crippen LogP contribution in [0.15, 0.2) is 0 Å². The number of hydrogen-bond acceptors (Lipinski definition) is 2. The van der Waals surface area contributed by atoms with Gasteiger partial charge < -0.3 is 4.79 Å². The molecule has 1 heterocycles. The Morgan fingerprint density at radius 1 is 1.38 bits per heavy atom. The maximum absolute atomic E-state index is 10.9. The van der Waals surface area contributed by atoms with Gasteiger partial charge in [-0.15, -0.1) is 0 Å². The second kappa shape index (κ2) is 5.38. The molecule has 0 aromatic heterocycles. The lowest BCUT2D eigenvalue weighted by molar-refractivity contribution is -0.114. The molecule has 0 saturated carbocycles. The lowest BCUT2D eigenvalue weighted by Gasteiger charge is -2.38. The molecule has 1 fully saturated rings. The molecule has 1 atom stereocenters. The summed E-state index contributed by atoms with van der Waals surface area (Å²) in [5, 5.41) is 0. The third-order valence-corrected chi connectivity index (χ3v) is 3.16. The maximum atomic E-state index is 10.9. The normalized spacial score (nSPS) is 25.0. The Balaban J connectivity index is 2.56. The molecule has 76 valence electrons. The Morgan fingerprint density at radius 3 is 2.62 bits per heavy atom. The fourth-order valence-electron chi connectivity index (χ4n) is 2.34. The maximum Gasteiger partial charge on any atom is 0.137 e. The van der Waals surface area contributed by atoms with Crippen molar-refractivity contribution < 1.29 is 4.79 Å². The van der Waals surface area contributed by atoms with Gasteiger partial charge in [-0.1, -0.05) is 20.3 Å². The van der Waals surface area contributed by atoms with Gasteiger partial charge in [0, 0.05) is 6.04 Å². The van der Waals surface area contributed by atoms with Crippen molar-refractivity contribution >= 4 is 6.29 Å². The van der Waals surface area contributed by atoms with Crippen LogP contribution in [0, 0.1) is 0 Å². The van der Waals surface area contributed by atoms with Gasteiger partial charge in [0.25, 0.3) is 0 Å². The molecule has 1 aliphatic heterocycles. The van der Waals surface area contributed by atoms with E-state index < -0.39 is 0 Å². The van der Waals surface area contributed by atoms with E-state index in [0.717, 1.165) is 19.3 Å². The van der Waals surface area contributed by atoms with Gasteiger partial charge >= 0.3 is 0 Å². The van der Waals surface area contributed by atoms with Crippen molar-refractivity contribution in [2.24, 2.45) is 0 Å². The van der Waals surface area contributed by atoms with Crippen LogP contribution in [0.2, 0.25) is 0 Å². The molecule has 1 unspecified atom stereocenters. The average molecular weight is 183 g/mol. The van der Waals surface area contributed by atoms with Crippen molar-refractivity contribution in [3.8, 4) is 0 Å². The van der Waals surface area contributed by atoms with Crippen LogP contribution in [0.25, 0.3) is 0 Å². The van der Waals surface area contributed by atoms with E-state index in [2.05, 4.69) is 18.7 Å². The van der Waals surface area contributed by atoms with E-state index in [4.69, 9.17) is 0 Å². The number of carbonyl (C=O) groups excluding carboxylic acids is 1. The number of rotatable bonds is 4. The first kappa shape index (κ1) is 10.7. The highest BCUT2D eigenvalue weighted by Gasteiger charge is 2.26. The molecule has 0 radical (unpaired) electrons. The number of aldehydes is 1. The van der Waals surface area contributed by atoms with Crippen LogP contribution in [-0.4, -0.2) is 29.8 Å². The molecule has 0 aliphatic carbocycles. The van der Waals surface area contributed by atoms with Gasteiger partial charge in [0.1, 0.15) is 6.29 Å². The zero-order valence-corrected chi connectivity index (χ0v) is 8.83. The minimum atomic E-state index is 0.207. The highest BCUT2D eigenvalue weighted by atomic mass is 16.1. The van der Waals surface area contributed by atoms with E-state index >= 15 is 0 Å². The molecule has 0 aromatic carbocycles. The van der Waals surface area contributed by atoms with E-state index in [1.807, 2.05) is 0 Å². The molecule has 1 aliphatic rings. The Kier molecular flexibility index (Phi) is 4.43. The fourth-order valence-corrected chi connectivity index (χ4v) is 2.34.